The molecule has 18 heavy (non-hydrogen) atoms. The van der Waals surface area contributed by atoms with Gasteiger partial charge in [-0.2, -0.15) is 0 Å². The molecule has 0 fully saturated rings. The minimum absolute atomic E-state index is 0.0492. The highest BCUT2D eigenvalue weighted by Gasteiger charge is 2.07. The van der Waals surface area contributed by atoms with Crippen molar-refractivity contribution < 1.29 is 13.6 Å². The zero-order valence-corrected chi connectivity index (χ0v) is 10.4. The molecule has 0 N–H and O–H groups in total. The van der Waals surface area contributed by atoms with Crippen LogP contribution < -0.4 is 0 Å². The first kappa shape index (κ1) is 12.8. The molecule has 4 heteroatoms. The molecular formula is C14H12ClFO2. The zero-order chi connectivity index (χ0) is 13.0. The van der Waals surface area contributed by atoms with E-state index in [9.17, 15) is 9.18 Å². The quantitative estimate of drug-likeness (QED) is 0.824. The van der Waals surface area contributed by atoms with Crippen LogP contribution >= 0.6 is 11.6 Å². The van der Waals surface area contributed by atoms with Gasteiger partial charge in [-0.1, -0.05) is 17.7 Å². The first-order valence-electron chi connectivity index (χ1n) is 5.63. The maximum Gasteiger partial charge on any atom is 0.142 e. The topological polar surface area (TPSA) is 30.2 Å². The fourth-order valence-corrected chi connectivity index (χ4v) is 1.80. The van der Waals surface area contributed by atoms with Gasteiger partial charge in [-0.25, -0.2) is 4.39 Å². The average Bonchev–Trinajstić information content (AvgIpc) is 2.84. The molecule has 94 valence electrons. The number of benzene rings is 1. The van der Waals surface area contributed by atoms with Crippen LogP contribution in [0.3, 0.4) is 0 Å². The van der Waals surface area contributed by atoms with Crippen molar-refractivity contribution in [1.82, 2.24) is 0 Å². The van der Waals surface area contributed by atoms with Crippen molar-refractivity contribution in [3.8, 4) is 0 Å². The van der Waals surface area contributed by atoms with Gasteiger partial charge in [-0.15, -0.1) is 0 Å². The molecule has 0 atom stereocenters. The van der Waals surface area contributed by atoms with E-state index in [1.54, 1.807) is 18.4 Å². The van der Waals surface area contributed by atoms with E-state index < -0.39 is 5.82 Å². The molecule has 0 aliphatic rings. The number of hydrogen-bond acceptors (Lipinski definition) is 2. The van der Waals surface area contributed by atoms with Gasteiger partial charge in [-0.05, 0) is 29.8 Å². The van der Waals surface area contributed by atoms with Gasteiger partial charge in [0, 0.05) is 19.3 Å². The molecular weight excluding hydrogens is 255 g/mol. The van der Waals surface area contributed by atoms with Crippen molar-refractivity contribution in [1.29, 1.82) is 0 Å². The molecule has 2 aromatic rings. The van der Waals surface area contributed by atoms with Gasteiger partial charge in [0.2, 0.25) is 0 Å². The van der Waals surface area contributed by atoms with Crippen LogP contribution in [0.4, 0.5) is 4.39 Å². The van der Waals surface area contributed by atoms with Crippen LogP contribution in [0.5, 0.6) is 0 Å². The molecule has 0 spiro atoms. The number of aryl methyl sites for hydroxylation is 1. The Balaban J connectivity index is 1.88. The van der Waals surface area contributed by atoms with Crippen LogP contribution in [0.15, 0.2) is 41.0 Å². The smallest absolute Gasteiger partial charge is 0.142 e. The molecule has 1 aromatic carbocycles. The number of halogens is 2. The molecule has 0 saturated heterocycles. The summed E-state index contributed by atoms with van der Waals surface area (Å²) in [5.41, 5.74) is 0.640. The summed E-state index contributed by atoms with van der Waals surface area (Å²) < 4.78 is 18.3. The normalized spacial score (nSPS) is 10.6. The third-order valence-corrected chi connectivity index (χ3v) is 2.92. The maximum absolute atomic E-state index is 13.2. The lowest BCUT2D eigenvalue weighted by molar-refractivity contribution is -0.118. The van der Waals surface area contributed by atoms with E-state index in [1.165, 1.54) is 12.1 Å². The first-order valence-corrected chi connectivity index (χ1v) is 6.01. The van der Waals surface area contributed by atoms with E-state index in [0.29, 0.717) is 18.4 Å². The lowest BCUT2D eigenvalue weighted by Gasteiger charge is -2.02. The Morgan fingerprint density at radius 3 is 2.83 bits per heavy atom. The van der Waals surface area contributed by atoms with E-state index >= 15 is 0 Å². The molecule has 0 saturated carbocycles. The van der Waals surface area contributed by atoms with Crippen LogP contribution in [0.2, 0.25) is 5.02 Å². The van der Waals surface area contributed by atoms with Crippen LogP contribution in [-0.2, 0) is 17.6 Å². The van der Waals surface area contributed by atoms with Gasteiger partial charge < -0.3 is 4.42 Å². The number of hydrogen-bond donors (Lipinski definition) is 0. The Labute approximate surface area is 109 Å². The first-order chi connectivity index (χ1) is 8.65. The SMILES string of the molecule is O=C(CCc1ccco1)Cc1ccc(Cl)c(F)c1. The third kappa shape index (κ3) is 3.44. The predicted molar refractivity (Wildman–Crippen MR) is 67.2 cm³/mol. The molecule has 0 amide bonds. The molecule has 1 heterocycles. The van der Waals surface area contributed by atoms with Crippen molar-refractivity contribution in [2.24, 2.45) is 0 Å². The number of carbonyl (C=O) groups excluding carboxylic acids is 1. The van der Waals surface area contributed by atoms with Gasteiger partial charge in [0.1, 0.15) is 17.4 Å². The van der Waals surface area contributed by atoms with Crippen molar-refractivity contribution in [2.75, 3.05) is 0 Å². The summed E-state index contributed by atoms with van der Waals surface area (Å²) in [7, 11) is 0. The van der Waals surface area contributed by atoms with Crippen LogP contribution in [0.25, 0.3) is 0 Å². The van der Waals surface area contributed by atoms with Crippen LogP contribution in [0.1, 0.15) is 17.7 Å². The Kier molecular flexibility index (Phi) is 4.15. The number of furan rings is 1. The molecule has 2 rings (SSSR count). The molecule has 2 nitrogen and oxygen atoms in total. The number of carbonyl (C=O) groups is 1. The molecule has 0 aliphatic carbocycles. The number of rotatable bonds is 5. The molecule has 0 unspecified atom stereocenters. The minimum Gasteiger partial charge on any atom is -0.469 e. The van der Waals surface area contributed by atoms with Gasteiger partial charge in [0.05, 0.1) is 11.3 Å². The molecule has 0 bridgehead atoms. The van der Waals surface area contributed by atoms with E-state index in [4.69, 9.17) is 16.0 Å². The van der Waals surface area contributed by atoms with Crippen LogP contribution in [0, 0.1) is 5.82 Å². The van der Waals surface area contributed by atoms with Gasteiger partial charge in [0.25, 0.3) is 0 Å². The van der Waals surface area contributed by atoms with Crippen molar-refractivity contribution >= 4 is 17.4 Å². The summed E-state index contributed by atoms with van der Waals surface area (Å²) in [5.74, 6) is 0.340. The monoisotopic (exact) mass is 266 g/mol. The second-order valence-corrected chi connectivity index (χ2v) is 4.45. The van der Waals surface area contributed by atoms with E-state index in [2.05, 4.69) is 0 Å². The van der Waals surface area contributed by atoms with Crippen molar-refractivity contribution in [2.45, 2.75) is 19.3 Å². The lowest BCUT2D eigenvalue weighted by atomic mass is 10.1. The summed E-state index contributed by atoms with van der Waals surface area (Å²) in [6.07, 6.45) is 2.75. The fourth-order valence-electron chi connectivity index (χ4n) is 1.68. The Bertz CT molecular complexity index is 535. The van der Waals surface area contributed by atoms with Gasteiger partial charge >= 0.3 is 0 Å². The Morgan fingerprint density at radius 2 is 2.17 bits per heavy atom. The van der Waals surface area contributed by atoms with E-state index in [1.807, 2.05) is 6.07 Å². The van der Waals surface area contributed by atoms with Gasteiger partial charge in [-0.3, -0.25) is 4.79 Å². The highest BCUT2D eigenvalue weighted by Crippen LogP contribution is 2.16. The highest BCUT2D eigenvalue weighted by atomic mass is 35.5. The summed E-state index contributed by atoms with van der Waals surface area (Å²) in [6, 6.07) is 8.04. The van der Waals surface area contributed by atoms with Crippen LogP contribution in [-0.4, -0.2) is 5.78 Å². The third-order valence-electron chi connectivity index (χ3n) is 2.62. The van der Waals surface area contributed by atoms with Crippen molar-refractivity contribution in [3.05, 3.63) is 58.8 Å². The molecule has 1 aromatic heterocycles. The molecule has 0 radical (unpaired) electrons. The highest BCUT2D eigenvalue weighted by molar-refractivity contribution is 6.30. The minimum atomic E-state index is -0.493. The Hall–Kier alpha value is -1.61. The lowest BCUT2D eigenvalue weighted by Crippen LogP contribution is -2.04. The largest absolute Gasteiger partial charge is 0.469 e. The van der Waals surface area contributed by atoms with E-state index in [-0.39, 0.29) is 17.2 Å². The number of Topliss-reactive ketones (excluding diaryl/α,β-unsaturated/α-hetero) is 1. The standard InChI is InChI=1S/C14H12ClFO2/c15-13-6-3-10(9-14(13)16)8-11(17)4-5-12-2-1-7-18-12/h1-3,6-7,9H,4-5,8H2. The maximum atomic E-state index is 13.2. The number of ketones is 1. The summed E-state index contributed by atoms with van der Waals surface area (Å²) in [5, 5.41) is 0.0711. The van der Waals surface area contributed by atoms with E-state index in [0.717, 1.165) is 5.76 Å². The summed E-state index contributed by atoms with van der Waals surface area (Å²) >= 11 is 5.57. The average molecular weight is 267 g/mol. The summed E-state index contributed by atoms with van der Waals surface area (Å²) in [4.78, 5) is 11.7. The zero-order valence-electron chi connectivity index (χ0n) is 9.66. The second kappa shape index (κ2) is 5.83. The second-order valence-electron chi connectivity index (χ2n) is 4.04. The molecule has 0 aliphatic heterocycles. The Morgan fingerprint density at radius 1 is 1.33 bits per heavy atom. The predicted octanol–water partition coefficient (Wildman–Crippen LogP) is 3.82. The van der Waals surface area contributed by atoms with Gasteiger partial charge in [0.15, 0.2) is 0 Å². The summed E-state index contributed by atoms with van der Waals surface area (Å²) in [6.45, 7) is 0. The van der Waals surface area contributed by atoms with Crippen molar-refractivity contribution in [3.63, 3.8) is 0 Å². The fraction of sp³-hybridized carbons (Fsp3) is 0.214.